The highest BCUT2D eigenvalue weighted by molar-refractivity contribution is 5.99. The Labute approximate surface area is 145 Å². The molecule has 0 bridgehead atoms. The van der Waals surface area contributed by atoms with Crippen LogP contribution in [0.4, 0.5) is 11.4 Å². The maximum absolute atomic E-state index is 12.0. The lowest BCUT2D eigenvalue weighted by atomic mass is 10.2. The van der Waals surface area contributed by atoms with Crippen molar-refractivity contribution >= 4 is 29.1 Å². The summed E-state index contributed by atoms with van der Waals surface area (Å²) in [7, 11) is 1.52. The van der Waals surface area contributed by atoms with Gasteiger partial charge in [-0.3, -0.25) is 14.4 Å². The number of nitrogens with one attached hydrogen (secondary N) is 3. The average Bonchev–Trinajstić information content (AvgIpc) is 2.61. The quantitative estimate of drug-likeness (QED) is 0.749. The molecule has 0 fully saturated rings. The Morgan fingerprint density at radius 2 is 1.60 bits per heavy atom. The van der Waals surface area contributed by atoms with Crippen molar-refractivity contribution in [3.05, 3.63) is 54.1 Å². The maximum Gasteiger partial charge on any atom is 0.251 e. The van der Waals surface area contributed by atoms with Gasteiger partial charge in [0, 0.05) is 23.9 Å². The second-order valence-electron chi connectivity index (χ2n) is 5.22. The van der Waals surface area contributed by atoms with Gasteiger partial charge in [-0.1, -0.05) is 6.07 Å². The summed E-state index contributed by atoms with van der Waals surface area (Å²) in [6, 6.07) is 13.3. The topological polar surface area (TPSA) is 96.5 Å². The summed E-state index contributed by atoms with van der Waals surface area (Å²) < 4.78 is 5.06. The minimum Gasteiger partial charge on any atom is -0.497 e. The third-order valence-corrected chi connectivity index (χ3v) is 3.23. The maximum atomic E-state index is 12.0. The van der Waals surface area contributed by atoms with Crippen molar-refractivity contribution in [1.29, 1.82) is 0 Å². The van der Waals surface area contributed by atoms with E-state index in [4.69, 9.17) is 4.74 Å². The zero-order chi connectivity index (χ0) is 18.2. The number of carbonyl (C=O) groups excluding carboxylic acids is 3. The van der Waals surface area contributed by atoms with Crippen molar-refractivity contribution in [1.82, 2.24) is 5.32 Å². The molecule has 7 nitrogen and oxygen atoms in total. The SMILES string of the molecule is COc1cccc(C(=O)NCC(=O)Nc2ccc(NC(C)=O)cc2)c1. The molecule has 2 aromatic rings. The Bertz CT molecular complexity index is 772. The van der Waals surface area contributed by atoms with E-state index in [1.807, 2.05) is 0 Å². The monoisotopic (exact) mass is 341 g/mol. The average molecular weight is 341 g/mol. The van der Waals surface area contributed by atoms with Crippen molar-refractivity contribution in [3.63, 3.8) is 0 Å². The number of anilines is 2. The van der Waals surface area contributed by atoms with Crippen LogP contribution in [0.5, 0.6) is 5.75 Å². The van der Waals surface area contributed by atoms with Crippen LogP contribution in [0.15, 0.2) is 48.5 Å². The molecule has 25 heavy (non-hydrogen) atoms. The van der Waals surface area contributed by atoms with Crippen LogP contribution in [0.25, 0.3) is 0 Å². The summed E-state index contributed by atoms with van der Waals surface area (Å²) in [5.41, 5.74) is 1.61. The second-order valence-corrected chi connectivity index (χ2v) is 5.22. The Balaban J connectivity index is 1.85. The Hall–Kier alpha value is -3.35. The van der Waals surface area contributed by atoms with Crippen molar-refractivity contribution in [2.45, 2.75) is 6.92 Å². The predicted molar refractivity (Wildman–Crippen MR) is 94.7 cm³/mol. The van der Waals surface area contributed by atoms with E-state index in [9.17, 15) is 14.4 Å². The van der Waals surface area contributed by atoms with Gasteiger partial charge in [0.25, 0.3) is 5.91 Å². The summed E-state index contributed by atoms with van der Waals surface area (Å²) in [5, 5.41) is 7.84. The highest BCUT2D eigenvalue weighted by atomic mass is 16.5. The molecule has 0 aliphatic carbocycles. The summed E-state index contributed by atoms with van der Waals surface area (Å²) in [6.07, 6.45) is 0. The van der Waals surface area contributed by atoms with Crippen LogP contribution in [-0.4, -0.2) is 31.4 Å². The number of ether oxygens (including phenoxy) is 1. The minimum atomic E-state index is -0.366. The van der Waals surface area contributed by atoms with Crippen molar-refractivity contribution < 1.29 is 19.1 Å². The first-order chi connectivity index (χ1) is 12.0. The first-order valence-electron chi connectivity index (χ1n) is 7.57. The molecule has 0 radical (unpaired) electrons. The third kappa shape index (κ3) is 5.65. The van der Waals surface area contributed by atoms with Gasteiger partial charge >= 0.3 is 0 Å². The van der Waals surface area contributed by atoms with Gasteiger partial charge in [0.1, 0.15) is 5.75 Å². The number of hydrogen-bond acceptors (Lipinski definition) is 4. The summed E-state index contributed by atoms with van der Waals surface area (Å²) in [6.45, 7) is 1.25. The lowest BCUT2D eigenvalue weighted by Gasteiger charge is -2.09. The van der Waals surface area contributed by atoms with Gasteiger partial charge in [0.05, 0.1) is 13.7 Å². The van der Waals surface area contributed by atoms with Gasteiger partial charge in [-0.15, -0.1) is 0 Å². The summed E-state index contributed by atoms with van der Waals surface area (Å²) >= 11 is 0. The van der Waals surface area contributed by atoms with Crippen LogP contribution >= 0.6 is 0 Å². The van der Waals surface area contributed by atoms with E-state index in [0.29, 0.717) is 22.7 Å². The van der Waals surface area contributed by atoms with Gasteiger partial charge in [-0.05, 0) is 42.5 Å². The molecule has 3 amide bonds. The molecule has 2 rings (SSSR count). The first-order valence-corrected chi connectivity index (χ1v) is 7.57. The highest BCUT2D eigenvalue weighted by Gasteiger charge is 2.09. The van der Waals surface area contributed by atoms with Gasteiger partial charge in [0.2, 0.25) is 11.8 Å². The first kappa shape index (κ1) is 18.0. The number of amides is 3. The minimum absolute atomic E-state index is 0.163. The van der Waals surface area contributed by atoms with Gasteiger partial charge in [-0.25, -0.2) is 0 Å². The fourth-order valence-electron chi connectivity index (χ4n) is 2.07. The number of methoxy groups -OCH3 is 1. The predicted octanol–water partition coefficient (Wildman–Crippen LogP) is 2.02. The fourth-order valence-corrected chi connectivity index (χ4v) is 2.07. The van der Waals surface area contributed by atoms with Crippen LogP contribution in [0.1, 0.15) is 17.3 Å². The molecule has 0 aliphatic rings. The van der Waals surface area contributed by atoms with Gasteiger partial charge in [-0.2, -0.15) is 0 Å². The normalized spacial score (nSPS) is 9.84. The molecule has 0 heterocycles. The highest BCUT2D eigenvalue weighted by Crippen LogP contribution is 2.14. The smallest absolute Gasteiger partial charge is 0.251 e. The molecule has 0 spiro atoms. The van der Waals surface area contributed by atoms with E-state index in [1.165, 1.54) is 14.0 Å². The summed E-state index contributed by atoms with van der Waals surface area (Å²) in [5.74, 6) is -0.327. The Morgan fingerprint density at radius 3 is 2.20 bits per heavy atom. The zero-order valence-corrected chi connectivity index (χ0v) is 14.0. The van der Waals surface area contributed by atoms with E-state index in [2.05, 4.69) is 16.0 Å². The van der Waals surface area contributed by atoms with E-state index in [0.717, 1.165) is 0 Å². The van der Waals surface area contributed by atoms with Crippen LogP contribution in [0.3, 0.4) is 0 Å². The molecule has 0 saturated heterocycles. The molecule has 3 N–H and O–H groups in total. The van der Waals surface area contributed by atoms with E-state index in [-0.39, 0.29) is 24.3 Å². The third-order valence-electron chi connectivity index (χ3n) is 3.23. The Kier molecular flexibility index (Phi) is 6.11. The zero-order valence-electron chi connectivity index (χ0n) is 14.0. The number of rotatable bonds is 6. The molecule has 0 atom stereocenters. The van der Waals surface area contributed by atoms with Gasteiger partial charge in [0.15, 0.2) is 0 Å². The summed E-state index contributed by atoms with van der Waals surface area (Å²) in [4.78, 5) is 34.9. The molecule has 7 heteroatoms. The number of hydrogen-bond donors (Lipinski definition) is 3. The van der Waals surface area contributed by atoms with E-state index < -0.39 is 0 Å². The molecular formula is C18H19N3O4. The molecule has 130 valence electrons. The molecular weight excluding hydrogens is 322 g/mol. The molecule has 0 unspecified atom stereocenters. The van der Waals surface area contributed by atoms with Crippen LogP contribution in [0, 0.1) is 0 Å². The van der Waals surface area contributed by atoms with Crippen molar-refractivity contribution in [2.24, 2.45) is 0 Å². The molecule has 0 aromatic heterocycles. The second kappa shape index (κ2) is 8.49. The van der Waals surface area contributed by atoms with Crippen molar-refractivity contribution in [3.8, 4) is 5.75 Å². The van der Waals surface area contributed by atoms with E-state index >= 15 is 0 Å². The molecule has 0 aliphatic heterocycles. The fraction of sp³-hybridized carbons (Fsp3) is 0.167. The van der Waals surface area contributed by atoms with Crippen LogP contribution in [0.2, 0.25) is 0 Å². The largest absolute Gasteiger partial charge is 0.497 e. The number of benzene rings is 2. The lowest BCUT2D eigenvalue weighted by molar-refractivity contribution is -0.115. The van der Waals surface area contributed by atoms with Crippen LogP contribution in [-0.2, 0) is 9.59 Å². The standard InChI is InChI=1S/C18H19N3O4/c1-12(22)20-14-6-8-15(9-7-14)21-17(23)11-19-18(24)13-4-3-5-16(10-13)25-2/h3-10H,11H2,1-2H3,(H,19,24)(H,20,22)(H,21,23). The molecule has 2 aromatic carbocycles. The van der Waals surface area contributed by atoms with Crippen LogP contribution < -0.4 is 20.7 Å². The van der Waals surface area contributed by atoms with E-state index in [1.54, 1.807) is 48.5 Å². The lowest BCUT2D eigenvalue weighted by Crippen LogP contribution is -2.32. The van der Waals surface area contributed by atoms with Crippen molar-refractivity contribution in [2.75, 3.05) is 24.3 Å². The Morgan fingerprint density at radius 1 is 0.960 bits per heavy atom. The van der Waals surface area contributed by atoms with Gasteiger partial charge < -0.3 is 20.7 Å². The number of carbonyl (C=O) groups is 3. The molecule has 0 saturated carbocycles.